The number of pyridine rings is 1. The van der Waals surface area contributed by atoms with Gasteiger partial charge in [0.1, 0.15) is 5.82 Å². The second-order valence-corrected chi connectivity index (χ2v) is 5.90. The summed E-state index contributed by atoms with van der Waals surface area (Å²) in [5.74, 6) is 0.933. The highest BCUT2D eigenvalue weighted by Gasteiger charge is 2.24. The minimum absolute atomic E-state index is 0.126. The second kappa shape index (κ2) is 5.45. The van der Waals surface area contributed by atoms with Gasteiger partial charge in [-0.3, -0.25) is 0 Å². The maximum Gasteiger partial charge on any atom is 0.143 e. The lowest BCUT2D eigenvalue weighted by atomic mass is 9.92. The Labute approximate surface area is 116 Å². The molecule has 0 bridgehead atoms. The first-order valence-corrected chi connectivity index (χ1v) is 7.12. The fourth-order valence-corrected chi connectivity index (χ4v) is 3.06. The average Bonchev–Trinajstić information content (AvgIpc) is 2.34. The number of aliphatic hydroxyl groups is 1. The first-order valence-electron chi connectivity index (χ1n) is 6.32. The van der Waals surface area contributed by atoms with E-state index < -0.39 is 0 Å². The number of aliphatic hydroxyl groups excluding tert-OH is 1. The van der Waals surface area contributed by atoms with E-state index in [1.807, 2.05) is 13.0 Å². The van der Waals surface area contributed by atoms with Gasteiger partial charge in [-0.1, -0.05) is 0 Å². The highest BCUT2D eigenvalue weighted by Crippen LogP contribution is 2.31. The summed E-state index contributed by atoms with van der Waals surface area (Å²) in [6.07, 6.45) is 3.64. The van der Waals surface area contributed by atoms with Crippen molar-refractivity contribution >= 4 is 27.4 Å². The quantitative estimate of drug-likeness (QED) is 0.880. The van der Waals surface area contributed by atoms with Gasteiger partial charge >= 0.3 is 0 Å². The molecule has 1 saturated carbocycles. The number of aromatic nitrogens is 1. The SMILES string of the molecule is Cc1nc(N(C)C2CCC(O)CC2)c(Br)cc1N. The third kappa shape index (κ3) is 2.78. The van der Waals surface area contributed by atoms with Gasteiger partial charge in [-0.25, -0.2) is 4.98 Å². The van der Waals surface area contributed by atoms with Gasteiger partial charge in [-0.15, -0.1) is 0 Å². The van der Waals surface area contributed by atoms with Crippen molar-refractivity contribution in [1.29, 1.82) is 0 Å². The summed E-state index contributed by atoms with van der Waals surface area (Å²) in [5, 5.41) is 9.55. The molecule has 5 heteroatoms. The average molecular weight is 314 g/mol. The molecule has 0 aromatic carbocycles. The molecule has 0 amide bonds. The lowest BCUT2D eigenvalue weighted by Gasteiger charge is -2.34. The van der Waals surface area contributed by atoms with E-state index in [9.17, 15) is 5.11 Å². The minimum atomic E-state index is -0.126. The molecular weight excluding hydrogens is 294 g/mol. The molecule has 4 nitrogen and oxygen atoms in total. The second-order valence-electron chi connectivity index (χ2n) is 5.04. The van der Waals surface area contributed by atoms with Crippen molar-refractivity contribution in [2.45, 2.75) is 44.8 Å². The number of rotatable bonds is 2. The summed E-state index contributed by atoms with van der Waals surface area (Å²) < 4.78 is 0.930. The molecule has 0 radical (unpaired) electrons. The van der Waals surface area contributed by atoms with Crippen molar-refractivity contribution in [3.63, 3.8) is 0 Å². The van der Waals surface area contributed by atoms with Crippen LogP contribution in [0.2, 0.25) is 0 Å². The maximum atomic E-state index is 9.55. The zero-order valence-corrected chi connectivity index (χ0v) is 12.4. The Morgan fingerprint density at radius 2 is 2.00 bits per heavy atom. The van der Waals surface area contributed by atoms with Crippen LogP contribution in [0.5, 0.6) is 0 Å². The summed E-state index contributed by atoms with van der Waals surface area (Å²) >= 11 is 3.53. The standard InChI is InChI=1S/C13H20BrN3O/c1-8-12(15)7-11(14)13(16-8)17(2)9-3-5-10(18)6-4-9/h7,9-10,18H,3-6,15H2,1-2H3. The highest BCUT2D eigenvalue weighted by molar-refractivity contribution is 9.10. The van der Waals surface area contributed by atoms with Crippen LogP contribution in [0.15, 0.2) is 10.5 Å². The number of nitrogens with two attached hydrogens (primary N) is 1. The fraction of sp³-hybridized carbons (Fsp3) is 0.615. The Hall–Kier alpha value is -0.810. The summed E-state index contributed by atoms with van der Waals surface area (Å²) in [5.41, 5.74) is 7.41. The zero-order valence-electron chi connectivity index (χ0n) is 10.9. The summed E-state index contributed by atoms with van der Waals surface area (Å²) in [6.45, 7) is 1.92. The minimum Gasteiger partial charge on any atom is -0.397 e. The van der Waals surface area contributed by atoms with Crippen molar-refractivity contribution in [3.05, 3.63) is 16.2 Å². The van der Waals surface area contributed by atoms with E-state index in [0.717, 1.165) is 41.7 Å². The summed E-state index contributed by atoms with van der Waals surface area (Å²) in [6, 6.07) is 2.35. The number of hydrogen-bond donors (Lipinski definition) is 2. The van der Waals surface area contributed by atoms with Gasteiger partial charge in [0.15, 0.2) is 0 Å². The van der Waals surface area contributed by atoms with E-state index in [-0.39, 0.29) is 6.10 Å². The molecule has 0 saturated heterocycles. The molecule has 2 rings (SSSR count). The van der Waals surface area contributed by atoms with Crippen LogP contribution >= 0.6 is 15.9 Å². The highest BCUT2D eigenvalue weighted by atomic mass is 79.9. The first kappa shape index (κ1) is 13.6. The maximum absolute atomic E-state index is 9.55. The molecule has 1 heterocycles. The van der Waals surface area contributed by atoms with E-state index in [1.54, 1.807) is 0 Å². The van der Waals surface area contributed by atoms with Gasteiger partial charge in [0.05, 0.1) is 22.0 Å². The van der Waals surface area contributed by atoms with Crippen LogP contribution in [0.3, 0.4) is 0 Å². The van der Waals surface area contributed by atoms with Gasteiger partial charge in [0, 0.05) is 13.1 Å². The molecular formula is C13H20BrN3O. The van der Waals surface area contributed by atoms with E-state index in [2.05, 4.69) is 32.9 Å². The first-order chi connectivity index (χ1) is 8.49. The predicted molar refractivity (Wildman–Crippen MR) is 77.8 cm³/mol. The molecule has 18 heavy (non-hydrogen) atoms. The van der Waals surface area contributed by atoms with Crippen LogP contribution in [0.4, 0.5) is 11.5 Å². The Morgan fingerprint density at radius 3 is 2.61 bits per heavy atom. The molecule has 1 aromatic rings. The number of halogens is 1. The third-order valence-corrected chi connectivity index (χ3v) is 4.32. The molecule has 3 N–H and O–H groups in total. The lowest BCUT2D eigenvalue weighted by Crippen LogP contribution is -2.37. The van der Waals surface area contributed by atoms with E-state index in [1.165, 1.54) is 0 Å². The van der Waals surface area contributed by atoms with Crippen molar-refractivity contribution < 1.29 is 5.11 Å². The molecule has 1 aliphatic carbocycles. The zero-order chi connectivity index (χ0) is 13.3. The van der Waals surface area contributed by atoms with Crippen LogP contribution in [-0.4, -0.2) is 29.3 Å². The van der Waals surface area contributed by atoms with Crippen LogP contribution in [-0.2, 0) is 0 Å². The summed E-state index contributed by atoms with van der Waals surface area (Å²) in [7, 11) is 2.06. The van der Waals surface area contributed by atoms with E-state index >= 15 is 0 Å². The Kier molecular flexibility index (Phi) is 4.12. The van der Waals surface area contributed by atoms with Crippen molar-refractivity contribution in [2.75, 3.05) is 17.7 Å². The molecule has 0 aliphatic heterocycles. The van der Waals surface area contributed by atoms with Gasteiger partial charge in [-0.2, -0.15) is 0 Å². The summed E-state index contributed by atoms with van der Waals surface area (Å²) in [4.78, 5) is 6.75. The van der Waals surface area contributed by atoms with Crippen molar-refractivity contribution in [2.24, 2.45) is 0 Å². The van der Waals surface area contributed by atoms with Crippen molar-refractivity contribution in [1.82, 2.24) is 4.98 Å². The van der Waals surface area contributed by atoms with Crippen LogP contribution < -0.4 is 10.6 Å². The Morgan fingerprint density at radius 1 is 1.39 bits per heavy atom. The van der Waals surface area contributed by atoms with Crippen molar-refractivity contribution in [3.8, 4) is 0 Å². The molecule has 0 atom stereocenters. The predicted octanol–water partition coefficient (Wildman–Crippen LogP) is 2.47. The van der Waals surface area contributed by atoms with E-state index in [4.69, 9.17) is 5.73 Å². The fourth-order valence-electron chi connectivity index (χ4n) is 2.45. The molecule has 1 aromatic heterocycles. The molecule has 100 valence electrons. The molecule has 0 spiro atoms. The third-order valence-electron chi connectivity index (χ3n) is 3.74. The smallest absolute Gasteiger partial charge is 0.143 e. The largest absolute Gasteiger partial charge is 0.397 e. The van der Waals surface area contributed by atoms with Gasteiger partial charge < -0.3 is 15.7 Å². The Balaban J connectivity index is 2.18. The molecule has 0 unspecified atom stereocenters. The van der Waals surface area contributed by atoms with Gasteiger partial charge in [-0.05, 0) is 54.6 Å². The number of nitrogen functional groups attached to an aromatic ring is 1. The van der Waals surface area contributed by atoms with Crippen LogP contribution in [0.25, 0.3) is 0 Å². The topological polar surface area (TPSA) is 62.4 Å². The van der Waals surface area contributed by atoms with Crippen LogP contribution in [0.1, 0.15) is 31.4 Å². The molecule has 1 aliphatic rings. The number of hydrogen-bond acceptors (Lipinski definition) is 4. The number of nitrogens with zero attached hydrogens (tertiary/aromatic N) is 2. The molecule has 1 fully saturated rings. The monoisotopic (exact) mass is 313 g/mol. The lowest BCUT2D eigenvalue weighted by molar-refractivity contribution is 0.122. The number of aryl methyl sites for hydroxylation is 1. The number of anilines is 2. The Bertz CT molecular complexity index is 430. The van der Waals surface area contributed by atoms with Gasteiger partial charge in [0.25, 0.3) is 0 Å². The van der Waals surface area contributed by atoms with Gasteiger partial charge in [0.2, 0.25) is 0 Å². The van der Waals surface area contributed by atoms with E-state index in [0.29, 0.717) is 11.7 Å². The normalized spacial score (nSPS) is 24.0. The van der Waals surface area contributed by atoms with Crippen LogP contribution in [0, 0.1) is 6.92 Å².